The third kappa shape index (κ3) is 3.23. The summed E-state index contributed by atoms with van der Waals surface area (Å²) in [4.78, 5) is 6.09. The number of aromatic nitrogens is 1. The minimum Gasteiger partial charge on any atom is -0.507 e. The second kappa shape index (κ2) is 7.44. The number of anilines is 1. The van der Waals surface area contributed by atoms with Crippen molar-refractivity contribution >= 4 is 16.6 Å². The van der Waals surface area contributed by atoms with Gasteiger partial charge in [0.15, 0.2) is 11.6 Å². The van der Waals surface area contributed by atoms with Crippen molar-refractivity contribution in [1.29, 1.82) is 0 Å². The van der Waals surface area contributed by atoms with Gasteiger partial charge in [0.05, 0.1) is 30.1 Å². The number of nitrogens with one attached hydrogen (secondary N) is 1. The molecule has 152 valence electrons. The summed E-state index contributed by atoms with van der Waals surface area (Å²) >= 11 is 0. The Bertz CT molecular complexity index is 1070. The minimum atomic E-state index is -1.03. The minimum absolute atomic E-state index is 0.119. The van der Waals surface area contributed by atoms with Crippen LogP contribution in [-0.4, -0.2) is 42.9 Å². The first kappa shape index (κ1) is 19.3. The van der Waals surface area contributed by atoms with Crippen LogP contribution in [-0.2, 0) is 0 Å². The van der Waals surface area contributed by atoms with Gasteiger partial charge in [-0.15, -0.1) is 0 Å². The zero-order valence-corrected chi connectivity index (χ0v) is 16.0. The molecule has 1 fully saturated rings. The number of hydrogen-bond acceptors (Lipinski definition) is 5. The molecule has 1 unspecified atom stereocenters. The Kier molecular flexibility index (Phi) is 4.96. The molecule has 4 rings (SSSR count). The Morgan fingerprint density at radius 2 is 2.00 bits per heavy atom. The molecule has 0 aliphatic carbocycles. The Morgan fingerprint density at radius 1 is 1.21 bits per heavy atom. The van der Waals surface area contributed by atoms with Gasteiger partial charge in [0, 0.05) is 31.1 Å². The maximum Gasteiger partial charge on any atom is 0.161 e. The number of methoxy groups -OCH3 is 1. The number of pyridine rings is 1. The Balaban J connectivity index is 1.99. The number of piperazine rings is 1. The molecule has 1 aromatic heterocycles. The second-order valence-corrected chi connectivity index (χ2v) is 7.05. The van der Waals surface area contributed by atoms with Crippen molar-refractivity contribution in [2.75, 3.05) is 31.6 Å². The van der Waals surface area contributed by atoms with Crippen LogP contribution in [0.5, 0.6) is 11.5 Å². The maximum atomic E-state index is 15.4. The Hall–Kier alpha value is -3.00. The van der Waals surface area contributed by atoms with Crippen molar-refractivity contribution < 1.29 is 23.0 Å². The van der Waals surface area contributed by atoms with E-state index >= 15 is 8.78 Å². The van der Waals surface area contributed by atoms with E-state index in [9.17, 15) is 9.50 Å². The van der Waals surface area contributed by atoms with E-state index < -0.39 is 34.3 Å². The molecule has 1 saturated heterocycles. The molecule has 2 heterocycles. The van der Waals surface area contributed by atoms with Gasteiger partial charge < -0.3 is 20.1 Å². The molecule has 2 aromatic carbocycles. The Labute approximate surface area is 165 Å². The third-order valence-electron chi connectivity index (χ3n) is 5.14. The topological polar surface area (TPSA) is 57.6 Å². The lowest BCUT2D eigenvalue weighted by atomic mass is 9.99. The quantitative estimate of drug-likeness (QED) is 0.696. The molecular formula is C21H20F3N3O2. The SMILES string of the molecule is COc1cnc2c(F)c(-c3c(O)cccc3F)c(F)cc2c1N1CCNC(C)C1. The van der Waals surface area contributed by atoms with E-state index in [2.05, 4.69) is 10.3 Å². The number of benzene rings is 2. The van der Waals surface area contributed by atoms with Crippen molar-refractivity contribution in [2.24, 2.45) is 0 Å². The first-order valence-electron chi connectivity index (χ1n) is 9.23. The van der Waals surface area contributed by atoms with E-state index in [-0.39, 0.29) is 16.9 Å². The molecule has 0 amide bonds. The highest BCUT2D eigenvalue weighted by molar-refractivity contribution is 5.98. The van der Waals surface area contributed by atoms with Gasteiger partial charge in [-0.05, 0) is 25.1 Å². The monoisotopic (exact) mass is 403 g/mol. The smallest absolute Gasteiger partial charge is 0.161 e. The molecule has 2 N–H and O–H groups in total. The van der Waals surface area contributed by atoms with Crippen LogP contribution in [0.2, 0.25) is 0 Å². The van der Waals surface area contributed by atoms with Crippen molar-refractivity contribution in [3.05, 3.63) is 47.9 Å². The average Bonchev–Trinajstić information content (AvgIpc) is 2.69. The first-order chi connectivity index (χ1) is 13.9. The van der Waals surface area contributed by atoms with Gasteiger partial charge in [-0.1, -0.05) is 6.07 Å². The number of aromatic hydroxyl groups is 1. The van der Waals surface area contributed by atoms with Crippen LogP contribution in [0.3, 0.4) is 0 Å². The highest BCUT2D eigenvalue weighted by Crippen LogP contribution is 2.42. The van der Waals surface area contributed by atoms with Crippen molar-refractivity contribution in [3.8, 4) is 22.6 Å². The molecule has 0 spiro atoms. The van der Waals surface area contributed by atoms with Gasteiger partial charge in [-0.25, -0.2) is 18.2 Å². The number of hydrogen-bond donors (Lipinski definition) is 2. The van der Waals surface area contributed by atoms with Crippen LogP contribution in [0.4, 0.5) is 18.9 Å². The largest absolute Gasteiger partial charge is 0.507 e. The highest BCUT2D eigenvalue weighted by Gasteiger charge is 2.27. The van der Waals surface area contributed by atoms with E-state index in [0.29, 0.717) is 31.1 Å². The first-order valence-corrected chi connectivity index (χ1v) is 9.23. The van der Waals surface area contributed by atoms with Gasteiger partial charge in [-0.3, -0.25) is 0 Å². The van der Waals surface area contributed by atoms with Crippen LogP contribution < -0.4 is 15.0 Å². The molecule has 1 aliphatic heterocycles. The summed E-state index contributed by atoms with van der Waals surface area (Å²) in [5, 5.41) is 13.6. The molecule has 8 heteroatoms. The van der Waals surface area contributed by atoms with Gasteiger partial charge in [0.2, 0.25) is 0 Å². The van der Waals surface area contributed by atoms with Gasteiger partial charge >= 0.3 is 0 Å². The van der Waals surface area contributed by atoms with Crippen molar-refractivity contribution in [1.82, 2.24) is 10.3 Å². The molecule has 0 radical (unpaired) electrons. The molecule has 0 bridgehead atoms. The van der Waals surface area contributed by atoms with E-state index in [1.807, 2.05) is 11.8 Å². The van der Waals surface area contributed by atoms with Crippen LogP contribution in [0.25, 0.3) is 22.0 Å². The summed E-state index contributed by atoms with van der Waals surface area (Å²) in [7, 11) is 1.47. The lowest BCUT2D eigenvalue weighted by Gasteiger charge is -2.35. The normalized spacial score (nSPS) is 17.0. The fraction of sp³-hybridized carbons (Fsp3) is 0.286. The van der Waals surface area contributed by atoms with Crippen molar-refractivity contribution in [3.63, 3.8) is 0 Å². The number of phenolic OH excluding ortho intramolecular Hbond substituents is 1. The predicted octanol–water partition coefficient (Wildman–Crippen LogP) is 3.83. The second-order valence-electron chi connectivity index (χ2n) is 7.05. The summed E-state index contributed by atoms with van der Waals surface area (Å²) in [6.07, 6.45) is 1.37. The van der Waals surface area contributed by atoms with Crippen LogP contribution >= 0.6 is 0 Å². The van der Waals surface area contributed by atoms with Crippen LogP contribution in [0.1, 0.15) is 6.92 Å². The summed E-state index contributed by atoms with van der Waals surface area (Å²) < 4.78 is 50.1. The number of phenols is 1. The maximum absolute atomic E-state index is 15.4. The van der Waals surface area contributed by atoms with Crippen molar-refractivity contribution in [2.45, 2.75) is 13.0 Å². The van der Waals surface area contributed by atoms with Gasteiger partial charge in [0.1, 0.15) is 22.9 Å². The Morgan fingerprint density at radius 3 is 2.69 bits per heavy atom. The fourth-order valence-electron chi connectivity index (χ4n) is 3.83. The summed E-state index contributed by atoms with van der Waals surface area (Å²) in [6, 6.07) is 4.78. The molecule has 3 aromatic rings. The van der Waals surface area contributed by atoms with Crippen LogP contribution in [0.15, 0.2) is 30.5 Å². The molecule has 29 heavy (non-hydrogen) atoms. The van der Waals surface area contributed by atoms with E-state index in [1.54, 1.807) is 0 Å². The highest BCUT2D eigenvalue weighted by atomic mass is 19.1. The number of ether oxygens (including phenoxy) is 1. The lowest BCUT2D eigenvalue weighted by molar-refractivity contribution is 0.409. The summed E-state index contributed by atoms with van der Waals surface area (Å²) in [5.74, 6) is -3.10. The number of rotatable bonds is 3. The number of fused-ring (bicyclic) bond motifs is 1. The summed E-state index contributed by atoms with van der Waals surface area (Å²) in [5.41, 5.74) is -0.760. The van der Waals surface area contributed by atoms with E-state index in [4.69, 9.17) is 4.74 Å². The molecule has 1 aliphatic rings. The predicted molar refractivity (Wildman–Crippen MR) is 105 cm³/mol. The molecule has 1 atom stereocenters. The molecular weight excluding hydrogens is 383 g/mol. The summed E-state index contributed by atoms with van der Waals surface area (Å²) in [6.45, 7) is 3.97. The average molecular weight is 403 g/mol. The van der Waals surface area contributed by atoms with Crippen LogP contribution in [0, 0.1) is 17.5 Å². The molecule has 5 nitrogen and oxygen atoms in total. The van der Waals surface area contributed by atoms with E-state index in [1.165, 1.54) is 25.4 Å². The van der Waals surface area contributed by atoms with Gasteiger partial charge in [-0.2, -0.15) is 0 Å². The lowest BCUT2D eigenvalue weighted by Crippen LogP contribution is -2.49. The van der Waals surface area contributed by atoms with E-state index in [0.717, 1.165) is 12.1 Å². The van der Waals surface area contributed by atoms with Gasteiger partial charge in [0.25, 0.3) is 0 Å². The standard InChI is InChI=1S/C21H20F3N3O2/c1-11-10-27(7-6-25-11)21-12-8-14(23)18(17-13(22)4-3-5-15(17)28)19(24)20(12)26-9-16(21)29-2/h3-5,8-9,11,25,28H,6-7,10H2,1-2H3. The number of halogens is 3. The fourth-order valence-corrected chi connectivity index (χ4v) is 3.83. The zero-order chi connectivity index (χ0) is 20.7. The molecule has 0 saturated carbocycles. The third-order valence-corrected chi connectivity index (χ3v) is 5.14. The number of nitrogens with zero attached hydrogens (tertiary/aromatic N) is 2. The zero-order valence-electron chi connectivity index (χ0n) is 16.0.